The zero-order valence-electron chi connectivity index (χ0n) is 11.9. The minimum atomic E-state index is 0.0940. The van der Waals surface area contributed by atoms with Crippen LogP contribution in [0.3, 0.4) is 0 Å². The van der Waals surface area contributed by atoms with Crippen LogP contribution in [0.5, 0.6) is 0 Å². The molecule has 4 heteroatoms. The van der Waals surface area contributed by atoms with Gasteiger partial charge in [0.15, 0.2) is 5.82 Å². The van der Waals surface area contributed by atoms with Gasteiger partial charge in [0.25, 0.3) is 0 Å². The van der Waals surface area contributed by atoms with E-state index in [9.17, 15) is 0 Å². The van der Waals surface area contributed by atoms with E-state index >= 15 is 0 Å². The molecule has 0 bridgehead atoms. The van der Waals surface area contributed by atoms with Crippen LogP contribution in [-0.4, -0.2) is 20.5 Å². The summed E-state index contributed by atoms with van der Waals surface area (Å²) in [7, 11) is 0. The number of nitrogens with zero attached hydrogens (tertiary/aromatic N) is 3. The first-order chi connectivity index (χ1) is 8.94. The van der Waals surface area contributed by atoms with Crippen molar-refractivity contribution in [1.29, 1.82) is 0 Å². The third kappa shape index (κ3) is 4.10. The average Bonchev–Trinajstić information content (AvgIpc) is 2.36. The second-order valence-electron chi connectivity index (χ2n) is 5.74. The normalized spacial score (nSPS) is 11.6. The Hall–Kier alpha value is -1.81. The summed E-state index contributed by atoms with van der Waals surface area (Å²) < 4.78 is 0. The molecule has 0 unspecified atom stereocenters. The number of nitrogens with one attached hydrogen (secondary N) is 1. The third-order valence-electron chi connectivity index (χ3n) is 2.67. The molecule has 0 aromatic carbocycles. The molecule has 2 rings (SSSR count). The van der Waals surface area contributed by atoms with Gasteiger partial charge in [-0.25, -0.2) is 9.97 Å². The molecule has 0 amide bonds. The van der Waals surface area contributed by atoms with Gasteiger partial charge in [0.2, 0.25) is 0 Å². The highest BCUT2D eigenvalue weighted by Gasteiger charge is 2.09. The van der Waals surface area contributed by atoms with E-state index in [2.05, 4.69) is 41.0 Å². The van der Waals surface area contributed by atoms with Crippen molar-refractivity contribution in [3.05, 3.63) is 41.9 Å². The number of rotatable bonds is 3. The summed E-state index contributed by atoms with van der Waals surface area (Å²) in [6.07, 6.45) is 5.49. The first kappa shape index (κ1) is 13.6. The fourth-order valence-corrected chi connectivity index (χ4v) is 1.60. The van der Waals surface area contributed by atoms with Gasteiger partial charge in [-0.05, 0) is 45.4 Å². The third-order valence-corrected chi connectivity index (χ3v) is 2.67. The van der Waals surface area contributed by atoms with Crippen LogP contribution in [0.1, 0.15) is 31.9 Å². The average molecular weight is 256 g/mol. The van der Waals surface area contributed by atoms with Crippen LogP contribution < -0.4 is 5.32 Å². The SMILES string of the molecule is Cc1ccnc(-c2ncc(CNC(C)(C)C)cn2)c1. The first-order valence-corrected chi connectivity index (χ1v) is 6.43. The second kappa shape index (κ2) is 5.45. The van der Waals surface area contributed by atoms with Crippen LogP contribution >= 0.6 is 0 Å². The molecular formula is C15H20N4. The van der Waals surface area contributed by atoms with E-state index in [0.717, 1.165) is 23.4 Å². The number of aromatic nitrogens is 3. The molecule has 2 aromatic heterocycles. The Bertz CT molecular complexity index is 541. The zero-order chi connectivity index (χ0) is 13.9. The minimum Gasteiger partial charge on any atom is -0.308 e. The summed E-state index contributed by atoms with van der Waals surface area (Å²) in [5, 5.41) is 3.41. The Labute approximate surface area is 114 Å². The Morgan fingerprint density at radius 3 is 2.37 bits per heavy atom. The molecule has 0 aliphatic heterocycles. The second-order valence-corrected chi connectivity index (χ2v) is 5.74. The molecular weight excluding hydrogens is 236 g/mol. The van der Waals surface area contributed by atoms with Crippen molar-refractivity contribution < 1.29 is 0 Å². The summed E-state index contributed by atoms with van der Waals surface area (Å²) in [5.74, 6) is 0.670. The van der Waals surface area contributed by atoms with Gasteiger partial charge in [-0.3, -0.25) is 4.98 Å². The lowest BCUT2D eigenvalue weighted by molar-refractivity contribution is 0.423. The maximum atomic E-state index is 4.38. The standard InChI is InChI=1S/C15H20N4/c1-11-5-6-16-13(7-11)14-17-8-12(9-18-14)10-19-15(2,3)4/h5-9,19H,10H2,1-4H3. The van der Waals surface area contributed by atoms with E-state index < -0.39 is 0 Å². The topological polar surface area (TPSA) is 50.7 Å². The molecule has 0 fully saturated rings. The minimum absolute atomic E-state index is 0.0940. The lowest BCUT2D eigenvalue weighted by Crippen LogP contribution is -2.35. The van der Waals surface area contributed by atoms with Crippen molar-refractivity contribution in [3.63, 3.8) is 0 Å². The van der Waals surface area contributed by atoms with Crippen LogP contribution in [0.25, 0.3) is 11.5 Å². The monoisotopic (exact) mass is 256 g/mol. The Balaban J connectivity index is 2.10. The van der Waals surface area contributed by atoms with Crippen LogP contribution in [-0.2, 0) is 6.54 Å². The van der Waals surface area contributed by atoms with E-state index in [1.165, 1.54) is 0 Å². The van der Waals surface area contributed by atoms with E-state index in [-0.39, 0.29) is 5.54 Å². The van der Waals surface area contributed by atoms with Crippen molar-refractivity contribution in [3.8, 4) is 11.5 Å². The molecule has 4 nitrogen and oxygen atoms in total. The van der Waals surface area contributed by atoms with Gasteiger partial charge in [-0.15, -0.1) is 0 Å². The van der Waals surface area contributed by atoms with E-state index in [4.69, 9.17) is 0 Å². The van der Waals surface area contributed by atoms with Crippen LogP contribution in [0, 0.1) is 6.92 Å². The molecule has 0 aliphatic carbocycles. The van der Waals surface area contributed by atoms with E-state index in [1.807, 2.05) is 31.5 Å². The lowest BCUT2D eigenvalue weighted by atomic mass is 10.1. The summed E-state index contributed by atoms with van der Waals surface area (Å²) in [5.41, 5.74) is 3.14. The van der Waals surface area contributed by atoms with Gasteiger partial charge < -0.3 is 5.32 Å². The number of hydrogen-bond acceptors (Lipinski definition) is 4. The highest BCUT2D eigenvalue weighted by Crippen LogP contribution is 2.12. The lowest BCUT2D eigenvalue weighted by Gasteiger charge is -2.20. The quantitative estimate of drug-likeness (QED) is 0.917. The Morgan fingerprint density at radius 2 is 1.79 bits per heavy atom. The van der Waals surface area contributed by atoms with Crippen LogP contribution in [0.4, 0.5) is 0 Å². The van der Waals surface area contributed by atoms with E-state index in [1.54, 1.807) is 6.20 Å². The fourth-order valence-electron chi connectivity index (χ4n) is 1.60. The van der Waals surface area contributed by atoms with Gasteiger partial charge in [0.05, 0.1) is 0 Å². The van der Waals surface area contributed by atoms with Gasteiger partial charge in [-0.1, -0.05) is 0 Å². The predicted octanol–water partition coefficient (Wildman–Crippen LogP) is 2.74. The summed E-state index contributed by atoms with van der Waals surface area (Å²) in [6, 6.07) is 3.95. The number of aryl methyl sites for hydroxylation is 1. The molecule has 0 radical (unpaired) electrons. The van der Waals surface area contributed by atoms with E-state index in [0.29, 0.717) is 5.82 Å². The Kier molecular flexibility index (Phi) is 3.90. The molecule has 0 aliphatic rings. The molecule has 0 spiro atoms. The van der Waals surface area contributed by atoms with Gasteiger partial charge in [-0.2, -0.15) is 0 Å². The van der Waals surface area contributed by atoms with Crippen molar-refractivity contribution in [1.82, 2.24) is 20.3 Å². The van der Waals surface area contributed by atoms with Crippen LogP contribution in [0.15, 0.2) is 30.7 Å². The molecule has 2 aromatic rings. The fraction of sp³-hybridized carbons (Fsp3) is 0.400. The summed E-state index contributed by atoms with van der Waals surface area (Å²) in [4.78, 5) is 13.0. The van der Waals surface area contributed by atoms with Gasteiger partial charge in [0.1, 0.15) is 5.69 Å². The molecule has 0 saturated carbocycles. The zero-order valence-corrected chi connectivity index (χ0v) is 11.9. The summed E-state index contributed by atoms with van der Waals surface area (Å²) >= 11 is 0. The highest BCUT2D eigenvalue weighted by molar-refractivity contribution is 5.49. The number of hydrogen-bond donors (Lipinski definition) is 1. The van der Waals surface area contributed by atoms with Crippen molar-refractivity contribution in [2.45, 2.75) is 39.8 Å². The molecule has 19 heavy (non-hydrogen) atoms. The molecule has 0 atom stereocenters. The maximum absolute atomic E-state index is 4.38. The highest BCUT2D eigenvalue weighted by atomic mass is 15.0. The predicted molar refractivity (Wildman–Crippen MR) is 76.6 cm³/mol. The van der Waals surface area contributed by atoms with Crippen molar-refractivity contribution >= 4 is 0 Å². The van der Waals surface area contributed by atoms with Crippen LogP contribution in [0.2, 0.25) is 0 Å². The molecule has 1 N–H and O–H groups in total. The Morgan fingerprint density at radius 1 is 1.11 bits per heavy atom. The van der Waals surface area contributed by atoms with Crippen molar-refractivity contribution in [2.24, 2.45) is 0 Å². The molecule has 100 valence electrons. The van der Waals surface area contributed by atoms with Crippen molar-refractivity contribution in [2.75, 3.05) is 0 Å². The molecule has 2 heterocycles. The smallest absolute Gasteiger partial charge is 0.178 e. The first-order valence-electron chi connectivity index (χ1n) is 6.43. The number of pyridine rings is 1. The largest absolute Gasteiger partial charge is 0.308 e. The molecule has 0 saturated heterocycles. The van der Waals surface area contributed by atoms with Gasteiger partial charge >= 0.3 is 0 Å². The van der Waals surface area contributed by atoms with Gasteiger partial charge in [0, 0.05) is 36.2 Å². The maximum Gasteiger partial charge on any atom is 0.178 e. The summed E-state index contributed by atoms with van der Waals surface area (Å²) in [6.45, 7) is 9.22.